The second-order valence-corrected chi connectivity index (χ2v) is 4.04. The molecule has 15 heavy (non-hydrogen) atoms. The number of benzene rings is 1. The molecule has 1 N–H and O–H groups in total. The van der Waals surface area contributed by atoms with Crippen LogP contribution in [0.2, 0.25) is 0 Å². The van der Waals surface area contributed by atoms with E-state index in [1.54, 1.807) is 7.05 Å². The van der Waals surface area contributed by atoms with Gasteiger partial charge < -0.3 is 5.32 Å². The monoisotopic (exact) mass is 269 g/mol. The summed E-state index contributed by atoms with van der Waals surface area (Å²) >= 11 is 3.41. The first-order chi connectivity index (χ1) is 7.26. The van der Waals surface area contributed by atoms with E-state index in [-0.39, 0.29) is 5.91 Å². The van der Waals surface area contributed by atoms with E-state index in [4.69, 9.17) is 0 Å². The van der Waals surface area contributed by atoms with Gasteiger partial charge in [-0.05, 0) is 24.0 Å². The maximum atomic E-state index is 11.0. The number of alkyl halides is 1. The molecule has 0 radical (unpaired) electrons. The molecule has 0 aromatic heterocycles. The Morgan fingerprint density at radius 1 is 1.27 bits per heavy atom. The van der Waals surface area contributed by atoms with Gasteiger partial charge in [0.25, 0.3) is 0 Å². The van der Waals surface area contributed by atoms with Crippen molar-refractivity contribution >= 4 is 21.8 Å². The molecule has 1 aromatic rings. The van der Waals surface area contributed by atoms with E-state index >= 15 is 0 Å². The predicted molar refractivity (Wildman–Crippen MR) is 66.1 cm³/mol. The first-order valence-electron chi connectivity index (χ1n) is 5.10. The van der Waals surface area contributed by atoms with Crippen molar-refractivity contribution in [3.63, 3.8) is 0 Å². The Morgan fingerprint density at radius 3 is 2.40 bits per heavy atom. The largest absolute Gasteiger partial charge is 0.359 e. The van der Waals surface area contributed by atoms with Gasteiger partial charge in [-0.15, -0.1) is 0 Å². The van der Waals surface area contributed by atoms with Crippen molar-refractivity contribution in [3.8, 4) is 0 Å². The molecule has 3 heteroatoms. The lowest BCUT2D eigenvalue weighted by Gasteiger charge is -2.02. The lowest BCUT2D eigenvalue weighted by molar-refractivity contribution is -0.120. The minimum Gasteiger partial charge on any atom is -0.359 e. The van der Waals surface area contributed by atoms with Crippen LogP contribution in [0.3, 0.4) is 0 Å². The third-order valence-corrected chi connectivity index (χ3v) is 2.97. The van der Waals surface area contributed by atoms with E-state index in [0.29, 0.717) is 6.42 Å². The highest BCUT2D eigenvalue weighted by Crippen LogP contribution is 2.10. The molecule has 0 fully saturated rings. The Morgan fingerprint density at radius 2 is 1.87 bits per heavy atom. The summed E-state index contributed by atoms with van der Waals surface area (Å²) in [4.78, 5) is 11.0. The average Bonchev–Trinajstić information content (AvgIpc) is 2.29. The van der Waals surface area contributed by atoms with Crippen molar-refractivity contribution in [3.05, 3.63) is 35.4 Å². The van der Waals surface area contributed by atoms with Crippen molar-refractivity contribution in [2.45, 2.75) is 24.6 Å². The molecule has 0 aliphatic heterocycles. The van der Waals surface area contributed by atoms with Crippen molar-refractivity contribution in [1.29, 1.82) is 0 Å². The quantitative estimate of drug-likeness (QED) is 0.819. The number of nitrogens with one attached hydrogen (secondary N) is 1. The van der Waals surface area contributed by atoms with Gasteiger partial charge in [-0.25, -0.2) is 0 Å². The van der Waals surface area contributed by atoms with E-state index in [1.807, 2.05) is 0 Å². The van der Waals surface area contributed by atoms with Gasteiger partial charge in [0.05, 0.1) is 0 Å². The zero-order valence-electron chi connectivity index (χ0n) is 8.92. The average molecular weight is 270 g/mol. The summed E-state index contributed by atoms with van der Waals surface area (Å²) < 4.78 is 0. The topological polar surface area (TPSA) is 29.1 Å². The lowest BCUT2D eigenvalue weighted by atomic mass is 10.1. The number of hydrogen-bond donors (Lipinski definition) is 1. The van der Waals surface area contributed by atoms with Crippen molar-refractivity contribution in [2.75, 3.05) is 7.05 Å². The normalized spacial score (nSPS) is 10.0. The summed E-state index contributed by atoms with van der Waals surface area (Å²) in [7, 11) is 1.67. The Balaban J connectivity index is 2.34. The van der Waals surface area contributed by atoms with Crippen LogP contribution in [0.1, 0.15) is 24.0 Å². The van der Waals surface area contributed by atoms with Crippen LogP contribution in [0, 0.1) is 0 Å². The van der Waals surface area contributed by atoms with Gasteiger partial charge in [0.15, 0.2) is 0 Å². The lowest BCUT2D eigenvalue weighted by Crippen LogP contribution is -2.17. The number of hydrogen-bond acceptors (Lipinski definition) is 1. The molecule has 0 heterocycles. The van der Waals surface area contributed by atoms with E-state index in [0.717, 1.165) is 18.2 Å². The van der Waals surface area contributed by atoms with Crippen LogP contribution in [0.5, 0.6) is 0 Å². The Hall–Kier alpha value is -0.830. The first kappa shape index (κ1) is 12.2. The summed E-state index contributed by atoms with van der Waals surface area (Å²) in [6.45, 7) is 0. The smallest absolute Gasteiger partial charge is 0.219 e. The highest BCUT2D eigenvalue weighted by atomic mass is 79.9. The van der Waals surface area contributed by atoms with Crippen LogP contribution >= 0.6 is 15.9 Å². The maximum absolute atomic E-state index is 11.0. The molecule has 2 nitrogen and oxygen atoms in total. The highest BCUT2D eigenvalue weighted by molar-refractivity contribution is 9.08. The third kappa shape index (κ3) is 4.47. The minimum absolute atomic E-state index is 0.118. The Labute approximate surface area is 99.2 Å². The molecule has 0 spiro atoms. The second kappa shape index (κ2) is 6.62. The number of carbonyl (C=O) groups is 1. The third-order valence-electron chi connectivity index (χ3n) is 2.33. The summed E-state index contributed by atoms with van der Waals surface area (Å²) in [5.74, 6) is 0.118. The number of aryl methyl sites for hydroxylation is 1. The van der Waals surface area contributed by atoms with Gasteiger partial charge in [0, 0.05) is 18.8 Å². The van der Waals surface area contributed by atoms with Crippen molar-refractivity contribution in [1.82, 2.24) is 5.32 Å². The summed E-state index contributed by atoms with van der Waals surface area (Å²) in [6, 6.07) is 8.48. The van der Waals surface area contributed by atoms with Gasteiger partial charge in [-0.3, -0.25) is 4.79 Å². The van der Waals surface area contributed by atoms with Gasteiger partial charge in [-0.2, -0.15) is 0 Å². The standard InChI is InChI=1S/C12H16BrNO/c1-14-12(15)4-2-3-10-5-7-11(9-13)8-6-10/h5-8H,2-4,9H2,1H3,(H,14,15). The van der Waals surface area contributed by atoms with E-state index in [9.17, 15) is 4.79 Å². The zero-order chi connectivity index (χ0) is 11.1. The molecule has 0 bridgehead atoms. The fraction of sp³-hybridized carbons (Fsp3) is 0.417. The number of rotatable bonds is 5. The van der Waals surface area contributed by atoms with Crippen LogP contribution in [0.15, 0.2) is 24.3 Å². The van der Waals surface area contributed by atoms with Gasteiger partial charge in [0.2, 0.25) is 5.91 Å². The fourth-order valence-electron chi connectivity index (χ4n) is 1.37. The Bertz CT molecular complexity index is 308. The summed E-state index contributed by atoms with van der Waals surface area (Å²) in [5, 5.41) is 3.52. The molecular formula is C12H16BrNO. The first-order valence-corrected chi connectivity index (χ1v) is 6.22. The Kier molecular flexibility index (Phi) is 5.40. The van der Waals surface area contributed by atoms with E-state index in [2.05, 4.69) is 45.5 Å². The van der Waals surface area contributed by atoms with Crippen LogP contribution in [-0.2, 0) is 16.5 Å². The number of amides is 1. The SMILES string of the molecule is CNC(=O)CCCc1ccc(CBr)cc1. The molecular weight excluding hydrogens is 254 g/mol. The maximum Gasteiger partial charge on any atom is 0.219 e. The molecule has 0 unspecified atom stereocenters. The van der Waals surface area contributed by atoms with Gasteiger partial charge in [0.1, 0.15) is 0 Å². The zero-order valence-corrected chi connectivity index (χ0v) is 10.5. The van der Waals surface area contributed by atoms with Crippen LogP contribution in [-0.4, -0.2) is 13.0 Å². The van der Waals surface area contributed by atoms with Crippen LogP contribution in [0.25, 0.3) is 0 Å². The molecule has 82 valence electrons. The molecule has 0 aliphatic carbocycles. The van der Waals surface area contributed by atoms with E-state index in [1.165, 1.54) is 11.1 Å². The molecule has 1 aromatic carbocycles. The highest BCUT2D eigenvalue weighted by Gasteiger charge is 1.98. The molecule has 0 atom stereocenters. The van der Waals surface area contributed by atoms with E-state index < -0.39 is 0 Å². The second-order valence-electron chi connectivity index (χ2n) is 3.48. The number of halogens is 1. The molecule has 0 saturated carbocycles. The van der Waals surface area contributed by atoms with Gasteiger partial charge >= 0.3 is 0 Å². The minimum atomic E-state index is 0.118. The van der Waals surface area contributed by atoms with Crippen molar-refractivity contribution < 1.29 is 4.79 Å². The number of carbonyl (C=O) groups excluding carboxylic acids is 1. The van der Waals surface area contributed by atoms with Crippen LogP contribution in [0.4, 0.5) is 0 Å². The fourth-order valence-corrected chi connectivity index (χ4v) is 1.75. The molecule has 1 rings (SSSR count). The predicted octanol–water partition coefficient (Wildman–Crippen LogP) is 2.65. The summed E-state index contributed by atoms with van der Waals surface area (Å²) in [6.07, 6.45) is 2.49. The molecule has 0 saturated heterocycles. The van der Waals surface area contributed by atoms with Crippen LogP contribution < -0.4 is 5.32 Å². The molecule has 0 aliphatic rings. The van der Waals surface area contributed by atoms with Crippen molar-refractivity contribution in [2.24, 2.45) is 0 Å². The summed E-state index contributed by atoms with van der Waals surface area (Å²) in [5.41, 5.74) is 2.58. The molecule has 1 amide bonds. The van der Waals surface area contributed by atoms with Gasteiger partial charge in [-0.1, -0.05) is 40.2 Å².